The lowest BCUT2D eigenvalue weighted by molar-refractivity contribution is -0.136. The number of halogens is 6. The summed E-state index contributed by atoms with van der Waals surface area (Å²) in [4.78, 5) is 61.1. The maximum absolute atomic E-state index is 14.1. The summed E-state index contributed by atoms with van der Waals surface area (Å²) >= 11 is 12.1. The van der Waals surface area contributed by atoms with Crippen LogP contribution < -0.4 is 29.9 Å². The van der Waals surface area contributed by atoms with Crippen molar-refractivity contribution in [1.82, 2.24) is 20.4 Å². The summed E-state index contributed by atoms with van der Waals surface area (Å²) in [5.74, 6) is -0.665. The van der Waals surface area contributed by atoms with Gasteiger partial charge < -0.3 is 29.9 Å². The van der Waals surface area contributed by atoms with Crippen LogP contribution in [0.5, 0.6) is 11.5 Å². The van der Waals surface area contributed by atoms with Crippen LogP contribution in [0.1, 0.15) is 89.7 Å². The van der Waals surface area contributed by atoms with Crippen molar-refractivity contribution in [2.24, 2.45) is 11.8 Å². The number of anilines is 2. The molecule has 0 spiro atoms. The van der Waals surface area contributed by atoms with E-state index in [1.54, 1.807) is 58.3 Å². The van der Waals surface area contributed by atoms with Gasteiger partial charge in [-0.25, -0.2) is 8.78 Å². The number of hydrogen-bond acceptors (Lipinski definition) is 8. The lowest BCUT2D eigenvalue weighted by Gasteiger charge is -2.40. The number of hydrogen-bond donors (Lipinski definition) is 2. The molecular formula is C54H72Cl4F2N6O6. The minimum Gasteiger partial charge on any atom is -0.491 e. The summed E-state index contributed by atoms with van der Waals surface area (Å²) in [6.07, 6.45) is -0.00744. The van der Waals surface area contributed by atoms with Gasteiger partial charge in [-0.15, -0.1) is 48.0 Å². The number of ether oxygens (including phenoxy) is 2. The van der Waals surface area contributed by atoms with Crippen LogP contribution in [0.2, 0.25) is 0 Å². The fourth-order valence-corrected chi connectivity index (χ4v) is 9.00. The van der Waals surface area contributed by atoms with Crippen molar-refractivity contribution >= 4 is 83.0 Å². The molecule has 12 nitrogen and oxygen atoms in total. The van der Waals surface area contributed by atoms with Gasteiger partial charge in [-0.2, -0.15) is 0 Å². The fourth-order valence-electron chi connectivity index (χ4n) is 8.74. The van der Waals surface area contributed by atoms with E-state index in [2.05, 4.69) is 38.3 Å². The van der Waals surface area contributed by atoms with E-state index in [-0.39, 0.29) is 72.7 Å². The zero-order valence-corrected chi connectivity index (χ0v) is 46.1. The number of alkyl halides is 2. The highest BCUT2D eigenvalue weighted by molar-refractivity contribution is 6.30. The van der Waals surface area contributed by atoms with E-state index in [9.17, 15) is 28.0 Å². The number of piperazine rings is 2. The third-order valence-electron chi connectivity index (χ3n) is 12.4. The molecule has 2 fully saturated rings. The molecule has 6 rings (SSSR count). The molecule has 0 radical (unpaired) electrons. The van der Waals surface area contributed by atoms with E-state index in [0.29, 0.717) is 85.1 Å². The monoisotopic (exact) mass is 1080 g/mol. The minimum atomic E-state index is -0.983. The zero-order valence-electron chi connectivity index (χ0n) is 42.9. The molecule has 396 valence electrons. The first-order chi connectivity index (χ1) is 33.2. The Balaban J connectivity index is 0.000000370. The molecule has 4 aromatic carbocycles. The van der Waals surface area contributed by atoms with Gasteiger partial charge in [0.25, 0.3) is 11.8 Å². The van der Waals surface area contributed by atoms with Crippen LogP contribution in [-0.4, -0.2) is 109 Å². The lowest BCUT2D eigenvalue weighted by atomic mass is 9.98. The number of nitrogens with one attached hydrogen (secondary N) is 2. The highest BCUT2D eigenvalue weighted by atomic mass is 35.5. The van der Waals surface area contributed by atoms with Crippen LogP contribution in [0.3, 0.4) is 0 Å². The molecule has 18 heteroatoms. The van der Waals surface area contributed by atoms with E-state index >= 15 is 0 Å². The van der Waals surface area contributed by atoms with Crippen molar-refractivity contribution in [2.45, 2.75) is 106 Å². The number of nitrogens with zero attached hydrogens (tertiary/aromatic N) is 4. The van der Waals surface area contributed by atoms with E-state index in [1.807, 2.05) is 53.7 Å². The summed E-state index contributed by atoms with van der Waals surface area (Å²) in [6.45, 7) is 23.3. The van der Waals surface area contributed by atoms with Crippen LogP contribution in [0, 0.1) is 37.3 Å². The zero-order chi connectivity index (χ0) is 51.4. The van der Waals surface area contributed by atoms with Crippen molar-refractivity contribution in [3.05, 3.63) is 119 Å². The third kappa shape index (κ3) is 16.1. The SMILES string of the molecule is Cc1cc(OC(C)C)ccc1N(C(=O)CCl)[C@@H](C(=O)N1CCN[C@@H](C(C)C)C1)c1ccc(F)cc1.Cc1cc(OC(C)C)ccc1N(C(=O)CCl)[C@H](C(=O)N1CCN[C@@H](C(C)C)C1)c1ccc(F)cc1.Cl.Cl. The summed E-state index contributed by atoms with van der Waals surface area (Å²) in [6, 6.07) is 20.6. The Hall–Kier alpha value is -4.70. The molecular weight excluding hydrogens is 1010 g/mol. The summed E-state index contributed by atoms with van der Waals surface area (Å²) in [5.41, 5.74) is 3.70. The first kappa shape index (κ1) is 61.6. The van der Waals surface area contributed by atoms with Crippen LogP contribution >= 0.6 is 48.0 Å². The molecule has 2 heterocycles. The Morgan fingerprint density at radius 3 is 1.19 bits per heavy atom. The minimum absolute atomic E-state index is 0. The molecule has 72 heavy (non-hydrogen) atoms. The first-order valence-electron chi connectivity index (χ1n) is 24.1. The fraction of sp³-hybridized carbons (Fsp3) is 0.481. The van der Waals surface area contributed by atoms with E-state index in [1.165, 1.54) is 34.1 Å². The number of amides is 4. The van der Waals surface area contributed by atoms with Crippen molar-refractivity contribution in [3.8, 4) is 11.5 Å². The molecule has 2 aliphatic rings. The van der Waals surface area contributed by atoms with Gasteiger partial charge in [0, 0.05) is 62.7 Å². The van der Waals surface area contributed by atoms with E-state index in [4.69, 9.17) is 32.7 Å². The number of carbonyl (C=O) groups is 4. The second-order valence-electron chi connectivity index (χ2n) is 19.1. The number of rotatable bonds is 16. The lowest BCUT2D eigenvalue weighted by Crippen LogP contribution is -2.57. The standard InChI is InChI=1S/2C27H35ClFN3O3.2ClH/c2*1-17(2)23-16-31(13-12-30-23)27(34)26(20-6-8-21(29)9-7-20)32(25(33)15-28)24-11-10-22(14-19(24)5)35-18(3)4;;/h2*6-11,14,17-18,23,26,30H,12-13,15-16H2,1-5H3;2*1H/t23-,26+;23-,26-;;/m11../s1. The smallest absolute Gasteiger partial charge is 0.250 e. The highest BCUT2D eigenvalue weighted by Crippen LogP contribution is 2.36. The average Bonchev–Trinajstić information content (AvgIpc) is 3.33. The van der Waals surface area contributed by atoms with Crippen LogP contribution in [0.15, 0.2) is 84.9 Å². The molecule has 2 aliphatic heterocycles. The van der Waals surface area contributed by atoms with Crippen LogP contribution in [0.25, 0.3) is 0 Å². The van der Waals surface area contributed by atoms with Gasteiger partial charge >= 0.3 is 0 Å². The van der Waals surface area contributed by atoms with Crippen LogP contribution in [-0.2, 0) is 19.2 Å². The predicted octanol–water partition coefficient (Wildman–Crippen LogP) is 10.2. The highest BCUT2D eigenvalue weighted by Gasteiger charge is 2.40. The summed E-state index contributed by atoms with van der Waals surface area (Å²) < 4.78 is 39.2. The second kappa shape index (κ2) is 28.7. The Labute approximate surface area is 447 Å². The molecule has 2 N–H and O–H groups in total. The molecule has 0 unspecified atom stereocenters. The quantitative estimate of drug-likeness (QED) is 0.106. The van der Waals surface area contributed by atoms with Crippen molar-refractivity contribution < 1.29 is 37.4 Å². The van der Waals surface area contributed by atoms with E-state index < -0.39 is 35.5 Å². The number of aryl methyl sites for hydroxylation is 2. The van der Waals surface area contributed by atoms with Crippen molar-refractivity contribution in [1.29, 1.82) is 0 Å². The van der Waals surface area contributed by atoms with Gasteiger partial charge in [-0.1, -0.05) is 52.0 Å². The van der Waals surface area contributed by atoms with Gasteiger partial charge in [0.1, 0.15) is 47.0 Å². The number of benzene rings is 4. The maximum atomic E-state index is 14.1. The van der Waals surface area contributed by atoms with Crippen LogP contribution in [0.4, 0.5) is 20.2 Å². The molecule has 4 aromatic rings. The Morgan fingerprint density at radius 2 is 0.917 bits per heavy atom. The first-order valence-corrected chi connectivity index (χ1v) is 25.2. The normalized spacial score (nSPS) is 16.5. The van der Waals surface area contributed by atoms with Gasteiger partial charge in [-0.3, -0.25) is 29.0 Å². The summed E-state index contributed by atoms with van der Waals surface area (Å²) in [7, 11) is 0. The van der Waals surface area contributed by atoms with E-state index in [0.717, 1.165) is 11.1 Å². The van der Waals surface area contributed by atoms with Crippen molar-refractivity contribution in [2.75, 3.05) is 60.8 Å². The molecule has 0 bridgehead atoms. The molecule has 4 atom stereocenters. The molecule has 4 amide bonds. The van der Waals surface area contributed by atoms with Gasteiger partial charge in [0.05, 0.1) is 12.2 Å². The Kier molecular flexibility index (Phi) is 24.5. The maximum Gasteiger partial charge on any atom is 0.250 e. The average molecular weight is 1080 g/mol. The molecule has 2 saturated heterocycles. The van der Waals surface area contributed by atoms with Gasteiger partial charge in [0.15, 0.2) is 0 Å². The molecule has 0 aliphatic carbocycles. The Morgan fingerprint density at radius 1 is 0.583 bits per heavy atom. The summed E-state index contributed by atoms with van der Waals surface area (Å²) in [5, 5.41) is 6.91. The second-order valence-corrected chi connectivity index (χ2v) is 19.6. The predicted molar refractivity (Wildman–Crippen MR) is 289 cm³/mol. The number of carbonyl (C=O) groups excluding carboxylic acids is 4. The van der Waals surface area contributed by atoms with Crippen molar-refractivity contribution in [3.63, 3.8) is 0 Å². The van der Waals surface area contributed by atoms with Gasteiger partial charge in [0.2, 0.25) is 11.8 Å². The largest absolute Gasteiger partial charge is 0.491 e. The third-order valence-corrected chi connectivity index (χ3v) is 12.8. The molecule has 0 saturated carbocycles. The van der Waals surface area contributed by atoms with Gasteiger partial charge in [-0.05, 0) is 136 Å². The topological polar surface area (TPSA) is 124 Å². The Bertz CT molecular complexity index is 2230. The molecule has 0 aromatic heterocycles.